The average molecular weight is 350 g/mol. The third-order valence-corrected chi connectivity index (χ3v) is 4.22. The maximum atomic E-state index is 12.2. The summed E-state index contributed by atoms with van der Waals surface area (Å²) in [5.74, 6) is 0.670. The molecule has 0 aliphatic carbocycles. The molecule has 3 rings (SSSR count). The Bertz CT molecular complexity index is 667. The third-order valence-electron chi connectivity index (χ3n) is 4.22. The van der Waals surface area contributed by atoms with E-state index < -0.39 is 0 Å². The van der Waals surface area contributed by atoms with E-state index in [0.717, 1.165) is 23.4 Å². The smallest absolute Gasteiger partial charge is 0.222 e. The summed E-state index contributed by atoms with van der Waals surface area (Å²) < 4.78 is 18.2. The van der Waals surface area contributed by atoms with E-state index in [1.165, 1.54) is 11.0 Å². The number of carbonyl (C=O) groups is 1. The summed E-state index contributed by atoms with van der Waals surface area (Å²) in [5.41, 5.74) is 1.78. The Labute approximate surface area is 144 Å². The second-order valence-electron chi connectivity index (χ2n) is 6.01. The lowest BCUT2D eigenvalue weighted by molar-refractivity contribution is -0.126. The number of amides is 1. The molecule has 1 saturated heterocycles. The van der Waals surface area contributed by atoms with Gasteiger partial charge in [0, 0.05) is 18.6 Å². The number of tetrazole rings is 1. The predicted octanol–water partition coefficient (Wildman–Crippen LogP) is 0.159. The zero-order chi connectivity index (χ0) is 17.6. The van der Waals surface area contributed by atoms with E-state index in [0.29, 0.717) is 26.4 Å². The molecule has 1 N–H and O–H groups in total. The molecule has 0 bridgehead atoms. The molecule has 0 saturated carbocycles. The van der Waals surface area contributed by atoms with Crippen molar-refractivity contribution in [1.82, 2.24) is 30.7 Å². The minimum atomic E-state index is -0.185. The molecular formula is C15H22N6O4. The van der Waals surface area contributed by atoms with Crippen LogP contribution in [0.25, 0.3) is 0 Å². The first-order valence-corrected chi connectivity index (χ1v) is 8.24. The molecule has 1 fully saturated rings. The van der Waals surface area contributed by atoms with Gasteiger partial charge in [-0.05, 0) is 30.7 Å². The molecule has 0 spiro atoms. The zero-order valence-corrected chi connectivity index (χ0v) is 14.3. The van der Waals surface area contributed by atoms with Crippen LogP contribution < -0.4 is 5.32 Å². The Morgan fingerprint density at radius 3 is 3.08 bits per heavy atom. The van der Waals surface area contributed by atoms with Crippen molar-refractivity contribution in [3.05, 3.63) is 23.3 Å². The van der Waals surface area contributed by atoms with E-state index in [1.807, 2.05) is 13.8 Å². The van der Waals surface area contributed by atoms with E-state index in [1.54, 1.807) is 0 Å². The monoisotopic (exact) mass is 350 g/mol. The fourth-order valence-electron chi connectivity index (χ4n) is 2.73. The zero-order valence-electron chi connectivity index (χ0n) is 14.3. The lowest BCUT2D eigenvalue weighted by Gasteiger charge is -2.32. The molecule has 0 aromatic carbocycles. The number of hydrogen-bond acceptors (Lipinski definition) is 8. The van der Waals surface area contributed by atoms with Crippen LogP contribution in [0.5, 0.6) is 0 Å². The first kappa shape index (κ1) is 17.5. The SMILES string of the molecule is Cc1noc(C)c1CO[C@H]1CCOC[C@H]1NC(=O)CCn1cnnn1. The molecule has 1 aliphatic heterocycles. The van der Waals surface area contributed by atoms with Gasteiger partial charge in [-0.3, -0.25) is 4.79 Å². The molecule has 2 aromatic heterocycles. The molecule has 1 amide bonds. The van der Waals surface area contributed by atoms with Crippen molar-refractivity contribution in [1.29, 1.82) is 0 Å². The van der Waals surface area contributed by atoms with Crippen molar-refractivity contribution in [2.45, 2.75) is 52.0 Å². The number of aromatic nitrogens is 5. The lowest BCUT2D eigenvalue weighted by atomic mass is 10.1. The number of nitrogens with one attached hydrogen (secondary N) is 1. The van der Waals surface area contributed by atoms with Gasteiger partial charge < -0.3 is 19.3 Å². The first-order valence-electron chi connectivity index (χ1n) is 8.24. The van der Waals surface area contributed by atoms with Gasteiger partial charge in [0.2, 0.25) is 5.91 Å². The quantitative estimate of drug-likeness (QED) is 0.750. The van der Waals surface area contributed by atoms with Gasteiger partial charge in [-0.25, -0.2) is 4.68 Å². The topological polar surface area (TPSA) is 117 Å². The molecule has 10 nitrogen and oxygen atoms in total. The molecule has 1 aliphatic rings. The summed E-state index contributed by atoms with van der Waals surface area (Å²) in [6.07, 6.45) is 2.38. The van der Waals surface area contributed by atoms with Crippen LogP contribution in [0.3, 0.4) is 0 Å². The molecule has 2 atom stereocenters. The van der Waals surface area contributed by atoms with Crippen molar-refractivity contribution in [2.24, 2.45) is 0 Å². The largest absolute Gasteiger partial charge is 0.379 e. The van der Waals surface area contributed by atoms with E-state index in [9.17, 15) is 4.79 Å². The van der Waals surface area contributed by atoms with Crippen molar-refractivity contribution in [2.75, 3.05) is 13.2 Å². The summed E-state index contributed by atoms with van der Waals surface area (Å²) in [4.78, 5) is 12.2. The molecule has 25 heavy (non-hydrogen) atoms. The van der Waals surface area contributed by atoms with Crippen LogP contribution in [0.4, 0.5) is 0 Å². The molecule has 136 valence electrons. The minimum Gasteiger partial charge on any atom is -0.379 e. The summed E-state index contributed by atoms with van der Waals surface area (Å²) >= 11 is 0. The number of nitrogens with zero attached hydrogens (tertiary/aromatic N) is 5. The first-order chi connectivity index (χ1) is 12.1. The van der Waals surface area contributed by atoms with Crippen LogP contribution in [0, 0.1) is 13.8 Å². The van der Waals surface area contributed by atoms with E-state index in [2.05, 4.69) is 26.0 Å². The Balaban J connectivity index is 1.50. The van der Waals surface area contributed by atoms with E-state index in [4.69, 9.17) is 14.0 Å². The summed E-state index contributed by atoms with van der Waals surface area (Å²) in [6.45, 7) is 5.63. The van der Waals surface area contributed by atoms with Gasteiger partial charge in [0.25, 0.3) is 0 Å². The number of rotatable bonds is 7. The van der Waals surface area contributed by atoms with Gasteiger partial charge >= 0.3 is 0 Å². The predicted molar refractivity (Wildman–Crippen MR) is 84.4 cm³/mol. The summed E-state index contributed by atoms with van der Waals surface area (Å²) in [5, 5.41) is 17.7. The van der Waals surface area contributed by atoms with Gasteiger partial charge in [-0.15, -0.1) is 5.10 Å². The van der Waals surface area contributed by atoms with Gasteiger partial charge in [0.15, 0.2) is 0 Å². The number of hydrogen-bond donors (Lipinski definition) is 1. The minimum absolute atomic E-state index is 0.0862. The fraction of sp³-hybridized carbons (Fsp3) is 0.667. The van der Waals surface area contributed by atoms with Crippen molar-refractivity contribution in [3.8, 4) is 0 Å². The molecule has 3 heterocycles. The summed E-state index contributed by atoms with van der Waals surface area (Å²) in [7, 11) is 0. The highest BCUT2D eigenvalue weighted by Gasteiger charge is 2.28. The van der Waals surface area contributed by atoms with Crippen molar-refractivity contribution < 1.29 is 18.8 Å². The van der Waals surface area contributed by atoms with Crippen LogP contribution in [0.15, 0.2) is 10.9 Å². The fourth-order valence-corrected chi connectivity index (χ4v) is 2.73. The third kappa shape index (κ3) is 4.60. The second-order valence-corrected chi connectivity index (χ2v) is 6.01. The Morgan fingerprint density at radius 1 is 1.48 bits per heavy atom. The van der Waals surface area contributed by atoms with Gasteiger partial charge in [0.1, 0.15) is 12.1 Å². The Kier molecular flexibility index (Phi) is 5.71. The van der Waals surface area contributed by atoms with Crippen LogP contribution in [-0.4, -0.2) is 56.6 Å². The molecular weight excluding hydrogens is 328 g/mol. The van der Waals surface area contributed by atoms with Gasteiger partial charge in [-0.2, -0.15) is 0 Å². The molecule has 2 aromatic rings. The average Bonchev–Trinajstić information content (AvgIpc) is 3.23. The highest BCUT2D eigenvalue weighted by Crippen LogP contribution is 2.18. The molecule has 0 unspecified atom stereocenters. The maximum Gasteiger partial charge on any atom is 0.222 e. The standard InChI is InChI=1S/C15H22N6O4/c1-10-12(11(2)25-18-10)7-24-14-4-6-23-8-13(14)17-15(22)3-5-21-9-16-19-20-21/h9,13-14H,3-8H2,1-2H3,(H,17,22)/t13-,14+/m1/s1. The van der Waals surface area contributed by atoms with E-state index in [-0.39, 0.29) is 24.5 Å². The molecule has 0 radical (unpaired) electrons. The Morgan fingerprint density at radius 2 is 2.36 bits per heavy atom. The highest BCUT2D eigenvalue weighted by atomic mass is 16.5. The summed E-state index contributed by atoms with van der Waals surface area (Å²) in [6, 6.07) is -0.185. The maximum absolute atomic E-state index is 12.2. The van der Waals surface area contributed by atoms with Crippen LogP contribution in [0.1, 0.15) is 29.9 Å². The van der Waals surface area contributed by atoms with E-state index >= 15 is 0 Å². The molecule has 10 heteroatoms. The lowest BCUT2D eigenvalue weighted by Crippen LogP contribution is -2.50. The van der Waals surface area contributed by atoms with Crippen LogP contribution >= 0.6 is 0 Å². The van der Waals surface area contributed by atoms with Crippen LogP contribution in [0.2, 0.25) is 0 Å². The normalized spacial score (nSPS) is 20.6. The number of aryl methyl sites for hydroxylation is 3. The number of ether oxygens (including phenoxy) is 2. The van der Waals surface area contributed by atoms with Crippen molar-refractivity contribution >= 4 is 5.91 Å². The van der Waals surface area contributed by atoms with Crippen molar-refractivity contribution in [3.63, 3.8) is 0 Å². The van der Waals surface area contributed by atoms with Crippen LogP contribution in [-0.2, 0) is 27.4 Å². The number of carbonyl (C=O) groups excluding carboxylic acids is 1. The second kappa shape index (κ2) is 8.17. The highest BCUT2D eigenvalue weighted by molar-refractivity contribution is 5.76. The Hall–Kier alpha value is -2.33. The van der Waals surface area contributed by atoms with Gasteiger partial charge in [0.05, 0.1) is 37.6 Å². The van der Waals surface area contributed by atoms with Gasteiger partial charge in [-0.1, -0.05) is 5.16 Å².